The van der Waals surface area contributed by atoms with Crippen LogP contribution in [0.5, 0.6) is 0 Å². The highest BCUT2D eigenvalue weighted by Crippen LogP contribution is 2.31. The molecule has 0 N–H and O–H groups in total. The summed E-state index contributed by atoms with van der Waals surface area (Å²) < 4.78 is 18.8. The standard InChI is InChI=1S/C27H19FN4O4/c28-18-7-4-16(5-8-18)24-21-10-12-31(15-23(21)30-36-24)25(33)17-6-9-20-22(13-17)27(35)32(26(20)34)14-19-3-1-2-11-29-19/h1-9,11,13H,10,12,14-15H2. The van der Waals surface area contributed by atoms with Crippen molar-refractivity contribution in [3.63, 3.8) is 0 Å². The maximum absolute atomic E-state index is 13.3. The van der Waals surface area contributed by atoms with E-state index in [0.717, 1.165) is 16.0 Å². The first-order valence-electron chi connectivity index (χ1n) is 11.4. The molecule has 0 saturated heterocycles. The highest BCUT2D eigenvalue weighted by Gasteiger charge is 2.37. The van der Waals surface area contributed by atoms with Crippen molar-refractivity contribution in [1.29, 1.82) is 0 Å². The minimum atomic E-state index is -0.448. The third-order valence-corrected chi connectivity index (χ3v) is 6.50. The summed E-state index contributed by atoms with van der Waals surface area (Å²) in [5.74, 6) is -0.877. The highest BCUT2D eigenvalue weighted by atomic mass is 19.1. The fourth-order valence-corrected chi connectivity index (χ4v) is 4.64. The third kappa shape index (κ3) is 3.65. The monoisotopic (exact) mass is 482 g/mol. The number of pyridine rings is 1. The Morgan fingerprint density at radius 3 is 2.58 bits per heavy atom. The first kappa shape index (κ1) is 21.8. The Labute approximate surface area is 205 Å². The van der Waals surface area contributed by atoms with Crippen molar-refractivity contribution in [3.05, 3.63) is 106 Å². The smallest absolute Gasteiger partial charge is 0.261 e. The molecule has 9 heteroatoms. The van der Waals surface area contributed by atoms with Gasteiger partial charge in [-0.3, -0.25) is 24.3 Å². The van der Waals surface area contributed by atoms with Crippen molar-refractivity contribution in [3.8, 4) is 11.3 Å². The molecule has 4 aromatic rings. The molecule has 0 spiro atoms. The second-order valence-corrected chi connectivity index (χ2v) is 8.70. The van der Waals surface area contributed by atoms with Gasteiger partial charge in [0.05, 0.1) is 29.9 Å². The van der Waals surface area contributed by atoms with Crippen molar-refractivity contribution in [2.75, 3.05) is 6.54 Å². The van der Waals surface area contributed by atoms with Gasteiger partial charge in [0.2, 0.25) is 0 Å². The van der Waals surface area contributed by atoms with E-state index in [9.17, 15) is 18.8 Å². The number of carbonyl (C=O) groups is 3. The van der Waals surface area contributed by atoms with E-state index in [-0.39, 0.29) is 35.9 Å². The summed E-state index contributed by atoms with van der Waals surface area (Å²) in [7, 11) is 0. The lowest BCUT2D eigenvalue weighted by atomic mass is 9.99. The van der Waals surface area contributed by atoms with Crippen LogP contribution in [-0.4, -0.2) is 44.2 Å². The van der Waals surface area contributed by atoms with E-state index in [1.54, 1.807) is 47.5 Å². The number of halogens is 1. The molecule has 6 rings (SSSR count). The van der Waals surface area contributed by atoms with Crippen LogP contribution in [0.2, 0.25) is 0 Å². The van der Waals surface area contributed by atoms with E-state index in [4.69, 9.17) is 4.52 Å². The Hall–Kier alpha value is -4.66. The van der Waals surface area contributed by atoms with Crippen LogP contribution < -0.4 is 0 Å². The van der Waals surface area contributed by atoms with Crippen LogP contribution in [0.4, 0.5) is 4.39 Å². The molecule has 2 aromatic heterocycles. The third-order valence-electron chi connectivity index (χ3n) is 6.50. The fourth-order valence-electron chi connectivity index (χ4n) is 4.64. The number of rotatable bonds is 4. The van der Waals surface area contributed by atoms with Gasteiger partial charge in [0.25, 0.3) is 17.7 Å². The van der Waals surface area contributed by atoms with Gasteiger partial charge in [-0.15, -0.1) is 0 Å². The number of carbonyl (C=O) groups excluding carboxylic acids is 3. The zero-order valence-corrected chi connectivity index (χ0v) is 19.0. The summed E-state index contributed by atoms with van der Waals surface area (Å²) in [5, 5.41) is 4.14. The Morgan fingerprint density at radius 1 is 1.00 bits per heavy atom. The summed E-state index contributed by atoms with van der Waals surface area (Å²) in [6.45, 7) is 0.736. The summed E-state index contributed by atoms with van der Waals surface area (Å²) in [4.78, 5) is 46.1. The molecule has 0 radical (unpaired) electrons. The fraction of sp³-hybridized carbons (Fsp3) is 0.148. The molecule has 0 saturated carbocycles. The predicted molar refractivity (Wildman–Crippen MR) is 125 cm³/mol. The van der Waals surface area contributed by atoms with Crippen LogP contribution in [-0.2, 0) is 19.5 Å². The average molecular weight is 482 g/mol. The minimum Gasteiger partial charge on any atom is -0.356 e. The van der Waals surface area contributed by atoms with Gasteiger partial charge in [0, 0.05) is 29.4 Å². The van der Waals surface area contributed by atoms with E-state index in [1.807, 2.05) is 0 Å². The van der Waals surface area contributed by atoms with Crippen LogP contribution in [0.25, 0.3) is 11.3 Å². The molecule has 178 valence electrons. The number of hydrogen-bond acceptors (Lipinski definition) is 6. The van der Waals surface area contributed by atoms with Crippen LogP contribution in [0.3, 0.4) is 0 Å². The van der Waals surface area contributed by atoms with Gasteiger partial charge in [-0.25, -0.2) is 4.39 Å². The van der Waals surface area contributed by atoms with Crippen molar-refractivity contribution >= 4 is 17.7 Å². The Balaban J connectivity index is 1.21. The minimum absolute atomic E-state index is 0.0634. The first-order chi connectivity index (χ1) is 17.5. The van der Waals surface area contributed by atoms with Gasteiger partial charge in [0.15, 0.2) is 5.76 Å². The summed E-state index contributed by atoms with van der Waals surface area (Å²) in [6.07, 6.45) is 2.13. The lowest BCUT2D eigenvalue weighted by Gasteiger charge is -2.26. The lowest BCUT2D eigenvalue weighted by Crippen LogP contribution is -2.36. The molecule has 0 aliphatic carbocycles. The zero-order valence-electron chi connectivity index (χ0n) is 19.0. The number of nitrogens with zero attached hydrogens (tertiary/aromatic N) is 4. The second kappa shape index (κ2) is 8.53. The van der Waals surface area contributed by atoms with Crippen LogP contribution in [0, 0.1) is 5.82 Å². The number of benzene rings is 2. The largest absolute Gasteiger partial charge is 0.356 e. The molecule has 0 bridgehead atoms. The van der Waals surface area contributed by atoms with Gasteiger partial charge >= 0.3 is 0 Å². The Kier molecular flexibility index (Phi) is 5.18. The van der Waals surface area contributed by atoms with Crippen molar-refractivity contribution in [2.24, 2.45) is 0 Å². The van der Waals surface area contributed by atoms with Gasteiger partial charge in [-0.05, 0) is 61.0 Å². The van der Waals surface area contributed by atoms with E-state index in [2.05, 4.69) is 10.1 Å². The van der Waals surface area contributed by atoms with Crippen LogP contribution in [0.1, 0.15) is 48.0 Å². The van der Waals surface area contributed by atoms with Crippen LogP contribution >= 0.6 is 0 Å². The van der Waals surface area contributed by atoms with E-state index < -0.39 is 11.8 Å². The molecule has 8 nitrogen and oxygen atoms in total. The topological polar surface area (TPSA) is 96.6 Å². The number of amides is 3. The number of hydrogen-bond donors (Lipinski definition) is 0. The molecule has 4 heterocycles. The van der Waals surface area contributed by atoms with E-state index >= 15 is 0 Å². The molecule has 0 unspecified atom stereocenters. The van der Waals surface area contributed by atoms with Crippen LogP contribution in [0.15, 0.2) is 71.4 Å². The maximum Gasteiger partial charge on any atom is 0.261 e. The molecule has 0 atom stereocenters. The number of imide groups is 1. The van der Waals surface area contributed by atoms with Gasteiger partial charge in [-0.2, -0.15) is 0 Å². The molecule has 36 heavy (non-hydrogen) atoms. The average Bonchev–Trinajstić information content (AvgIpc) is 3.43. The number of fused-ring (bicyclic) bond motifs is 2. The Morgan fingerprint density at radius 2 is 1.81 bits per heavy atom. The zero-order chi connectivity index (χ0) is 24.8. The molecular weight excluding hydrogens is 463 g/mol. The summed E-state index contributed by atoms with van der Waals surface area (Å²) in [5.41, 5.74) is 3.66. The molecule has 2 aliphatic rings. The lowest BCUT2D eigenvalue weighted by molar-refractivity contribution is 0.0640. The molecular formula is C27H19FN4O4. The SMILES string of the molecule is O=C(c1ccc2c(c1)C(=O)N(Cc1ccccn1)C2=O)N1CCc2c(noc2-c2ccc(F)cc2)C1. The van der Waals surface area contributed by atoms with E-state index in [0.29, 0.717) is 35.7 Å². The van der Waals surface area contributed by atoms with Gasteiger partial charge < -0.3 is 9.42 Å². The molecule has 3 amide bonds. The highest BCUT2D eigenvalue weighted by molar-refractivity contribution is 6.22. The van der Waals surface area contributed by atoms with Gasteiger partial charge in [-0.1, -0.05) is 11.2 Å². The molecule has 2 aromatic carbocycles. The Bertz CT molecular complexity index is 1510. The molecule has 2 aliphatic heterocycles. The predicted octanol–water partition coefficient (Wildman–Crippen LogP) is 3.87. The quantitative estimate of drug-likeness (QED) is 0.410. The van der Waals surface area contributed by atoms with Crippen molar-refractivity contribution in [1.82, 2.24) is 19.9 Å². The first-order valence-corrected chi connectivity index (χ1v) is 11.4. The van der Waals surface area contributed by atoms with Gasteiger partial charge in [0.1, 0.15) is 11.5 Å². The second-order valence-electron chi connectivity index (χ2n) is 8.70. The summed E-state index contributed by atoms with van der Waals surface area (Å²) >= 11 is 0. The molecule has 0 fully saturated rings. The van der Waals surface area contributed by atoms with E-state index in [1.165, 1.54) is 24.3 Å². The number of aromatic nitrogens is 2. The maximum atomic E-state index is 13.3. The van der Waals surface area contributed by atoms with Crippen molar-refractivity contribution in [2.45, 2.75) is 19.5 Å². The van der Waals surface area contributed by atoms with Crippen molar-refractivity contribution < 1.29 is 23.3 Å². The summed E-state index contributed by atoms with van der Waals surface area (Å²) in [6, 6.07) is 15.9. The normalized spacial score (nSPS) is 14.7.